The molecule has 0 amide bonds. The predicted molar refractivity (Wildman–Crippen MR) is 71.0 cm³/mol. The third-order valence-electron chi connectivity index (χ3n) is 2.39. The minimum absolute atomic E-state index is 0.318. The van der Waals surface area contributed by atoms with E-state index in [1.165, 1.54) is 18.4 Å². The van der Waals surface area contributed by atoms with E-state index in [2.05, 4.69) is 4.98 Å². The lowest BCUT2D eigenvalue weighted by Gasteiger charge is -2.04. The zero-order valence-corrected chi connectivity index (χ0v) is 11.1. The number of ether oxygens (including phenoxy) is 1. The number of aryl methyl sites for hydroxylation is 1. The molecule has 2 aromatic rings. The summed E-state index contributed by atoms with van der Waals surface area (Å²) in [7, 11) is 1.38. The van der Waals surface area contributed by atoms with Crippen molar-refractivity contribution in [1.82, 2.24) is 4.98 Å². The number of pyridine rings is 1. The Morgan fingerprint density at radius 3 is 2.94 bits per heavy atom. The Morgan fingerprint density at radius 2 is 2.29 bits per heavy atom. The molecule has 17 heavy (non-hydrogen) atoms. The van der Waals surface area contributed by atoms with Crippen molar-refractivity contribution in [2.45, 2.75) is 6.92 Å². The summed E-state index contributed by atoms with van der Waals surface area (Å²) in [4.78, 5) is 15.4. The standard InChI is InChI=1S/C12H11NO2S2/c1-7-6-17-11(12(14)15-2)10(7)9-5-8(16)3-4-13-9/h3-6H,1-2H3,(H,13,16). The smallest absolute Gasteiger partial charge is 0.348 e. The lowest BCUT2D eigenvalue weighted by molar-refractivity contribution is 0.0607. The number of thiophene rings is 1. The van der Waals surface area contributed by atoms with Gasteiger partial charge in [0.05, 0.1) is 7.11 Å². The number of aromatic amines is 1. The van der Waals surface area contributed by atoms with E-state index in [1.54, 1.807) is 12.3 Å². The maximum absolute atomic E-state index is 11.7. The number of aromatic nitrogens is 1. The topological polar surface area (TPSA) is 42.1 Å². The van der Waals surface area contributed by atoms with E-state index < -0.39 is 0 Å². The van der Waals surface area contributed by atoms with Crippen LogP contribution < -0.4 is 0 Å². The molecule has 2 heterocycles. The molecule has 0 saturated heterocycles. The van der Waals surface area contributed by atoms with Crippen LogP contribution in [0.2, 0.25) is 0 Å². The minimum atomic E-state index is -0.318. The number of methoxy groups -OCH3 is 1. The highest BCUT2D eigenvalue weighted by Gasteiger charge is 2.18. The van der Waals surface area contributed by atoms with Gasteiger partial charge in [-0.1, -0.05) is 12.2 Å². The molecule has 0 atom stereocenters. The fourth-order valence-electron chi connectivity index (χ4n) is 1.61. The van der Waals surface area contributed by atoms with E-state index in [9.17, 15) is 4.79 Å². The van der Waals surface area contributed by atoms with Crippen molar-refractivity contribution in [3.63, 3.8) is 0 Å². The molecule has 0 aromatic carbocycles. The van der Waals surface area contributed by atoms with Crippen LogP contribution in [-0.2, 0) is 4.74 Å². The molecule has 0 radical (unpaired) electrons. The third-order valence-corrected chi connectivity index (χ3v) is 3.72. The van der Waals surface area contributed by atoms with Crippen LogP contribution in [0.25, 0.3) is 11.3 Å². The van der Waals surface area contributed by atoms with Gasteiger partial charge in [-0.3, -0.25) is 0 Å². The van der Waals surface area contributed by atoms with Crippen molar-refractivity contribution in [3.8, 4) is 11.3 Å². The number of carbonyl (C=O) groups excluding carboxylic acids is 1. The molecule has 0 bridgehead atoms. The van der Waals surface area contributed by atoms with E-state index in [0.717, 1.165) is 21.3 Å². The first kappa shape index (κ1) is 12.0. The van der Waals surface area contributed by atoms with Gasteiger partial charge in [-0.25, -0.2) is 4.79 Å². The summed E-state index contributed by atoms with van der Waals surface area (Å²) in [6.45, 7) is 1.96. The molecule has 0 aliphatic heterocycles. The highest BCUT2D eigenvalue weighted by atomic mass is 32.1. The van der Waals surface area contributed by atoms with Gasteiger partial charge >= 0.3 is 5.97 Å². The quantitative estimate of drug-likeness (QED) is 0.666. The zero-order valence-electron chi connectivity index (χ0n) is 9.44. The summed E-state index contributed by atoms with van der Waals surface area (Å²) in [6, 6.07) is 3.65. The fraction of sp³-hybridized carbons (Fsp3) is 0.167. The summed E-state index contributed by atoms with van der Waals surface area (Å²) in [5.41, 5.74) is 2.75. The van der Waals surface area contributed by atoms with Crippen LogP contribution in [0.5, 0.6) is 0 Å². The number of H-pyrrole nitrogens is 1. The summed E-state index contributed by atoms with van der Waals surface area (Å²) < 4.78 is 5.51. The van der Waals surface area contributed by atoms with E-state index in [4.69, 9.17) is 17.0 Å². The first-order chi connectivity index (χ1) is 8.13. The molecule has 0 aliphatic carbocycles. The Balaban J connectivity index is 2.62. The number of esters is 1. The van der Waals surface area contributed by atoms with Crippen LogP contribution >= 0.6 is 23.6 Å². The maximum Gasteiger partial charge on any atom is 0.348 e. The molecule has 0 saturated carbocycles. The van der Waals surface area contributed by atoms with Gasteiger partial charge in [0.2, 0.25) is 0 Å². The van der Waals surface area contributed by atoms with Gasteiger partial charge in [0.25, 0.3) is 0 Å². The van der Waals surface area contributed by atoms with Crippen LogP contribution in [0.3, 0.4) is 0 Å². The van der Waals surface area contributed by atoms with Crippen LogP contribution in [0, 0.1) is 11.4 Å². The molecular weight excluding hydrogens is 254 g/mol. The first-order valence-electron chi connectivity index (χ1n) is 4.99. The zero-order chi connectivity index (χ0) is 12.4. The third kappa shape index (κ3) is 2.30. The molecule has 88 valence electrons. The van der Waals surface area contributed by atoms with Crippen LogP contribution in [0.15, 0.2) is 23.7 Å². The second kappa shape index (κ2) is 4.81. The van der Waals surface area contributed by atoms with E-state index >= 15 is 0 Å². The van der Waals surface area contributed by atoms with E-state index in [-0.39, 0.29) is 5.97 Å². The summed E-state index contributed by atoms with van der Waals surface area (Å²) in [6.07, 6.45) is 1.77. The Bertz CT molecular complexity index is 613. The number of hydrogen-bond donors (Lipinski definition) is 1. The molecular formula is C12H11NO2S2. The monoisotopic (exact) mass is 265 g/mol. The molecule has 0 fully saturated rings. The maximum atomic E-state index is 11.7. The normalized spacial score (nSPS) is 10.2. The first-order valence-corrected chi connectivity index (χ1v) is 6.28. The molecule has 5 heteroatoms. The molecule has 2 aromatic heterocycles. The fourth-order valence-corrected chi connectivity index (χ4v) is 2.78. The Labute approximate surface area is 108 Å². The van der Waals surface area contributed by atoms with Gasteiger partial charge in [0.15, 0.2) is 0 Å². The van der Waals surface area contributed by atoms with Crippen molar-refractivity contribution in [2.24, 2.45) is 0 Å². The Kier molecular flexibility index (Phi) is 3.40. The van der Waals surface area contributed by atoms with Crippen molar-refractivity contribution >= 4 is 29.5 Å². The highest BCUT2D eigenvalue weighted by molar-refractivity contribution is 7.71. The van der Waals surface area contributed by atoms with Crippen molar-refractivity contribution in [2.75, 3.05) is 7.11 Å². The molecule has 0 spiro atoms. The van der Waals surface area contributed by atoms with Crippen molar-refractivity contribution in [3.05, 3.63) is 38.7 Å². The van der Waals surface area contributed by atoms with Crippen LogP contribution in [0.4, 0.5) is 0 Å². The molecule has 3 nitrogen and oxygen atoms in total. The Hall–Kier alpha value is -1.46. The second-order valence-electron chi connectivity index (χ2n) is 3.55. The van der Waals surface area contributed by atoms with Gasteiger partial charge in [-0.15, -0.1) is 11.3 Å². The van der Waals surface area contributed by atoms with Gasteiger partial charge in [0.1, 0.15) is 4.88 Å². The predicted octanol–water partition coefficient (Wildman–Crippen LogP) is 3.57. The summed E-state index contributed by atoms with van der Waals surface area (Å²) in [5.74, 6) is -0.318. The minimum Gasteiger partial charge on any atom is -0.465 e. The van der Waals surface area contributed by atoms with Gasteiger partial charge in [0, 0.05) is 22.0 Å². The van der Waals surface area contributed by atoms with Gasteiger partial charge in [-0.05, 0) is 30.0 Å². The molecule has 2 rings (SSSR count). The number of rotatable bonds is 2. The number of hydrogen-bond acceptors (Lipinski definition) is 4. The lowest BCUT2D eigenvalue weighted by Crippen LogP contribution is -2.01. The largest absolute Gasteiger partial charge is 0.465 e. The number of carbonyl (C=O) groups is 1. The van der Waals surface area contributed by atoms with Crippen molar-refractivity contribution < 1.29 is 9.53 Å². The molecule has 0 unspecified atom stereocenters. The molecule has 1 N–H and O–H groups in total. The average molecular weight is 265 g/mol. The van der Waals surface area contributed by atoms with Crippen LogP contribution in [-0.4, -0.2) is 18.1 Å². The SMILES string of the molecule is COC(=O)c1scc(C)c1-c1cc(=S)cc[nH]1. The summed E-state index contributed by atoms with van der Waals surface area (Å²) >= 11 is 6.50. The van der Waals surface area contributed by atoms with E-state index in [0.29, 0.717) is 4.88 Å². The highest BCUT2D eigenvalue weighted by Crippen LogP contribution is 2.31. The number of nitrogens with one attached hydrogen (secondary N) is 1. The average Bonchev–Trinajstić information content (AvgIpc) is 2.70. The second-order valence-corrected chi connectivity index (χ2v) is 4.90. The van der Waals surface area contributed by atoms with Crippen LogP contribution in [0.1, 0.15) is 15.2 Å². The Morgan fingerprint density at radius 1 is 1.53 bits per heavy atom. The molecule has 0 aliphatic rings. The van der Waals surface area contributed by atoms with Crippen molar-refractivity contribution in [1.29, 1.82) is 0 Å². The van der Waals surface area contributed by atoms with Gasteiger partial charge in [-0.2, -0.15) is 0 Å². The van der Waals surface area contributed by atoms with Gasteiger partial charge < -0.3 is 9.72 Å². The lowest BCUT2D eigenvalue weighted by atomic mass is 10.1. The van der Waals surface area contributed by atoms with E-state index in [1.807, 2.05) is 18.4 Å². The summed E-state index contributed by atoms with van der Waals surface area (Å²) in [5, 5.41) is 1.94.